The second-order valence-electron chi connectivity index (χ2n) is 7.39. The van der Waals surface area contributed by atoms with E-state index in [2.05, 4.69) is 4.90 Å². The highest BCUT2D eigenvalue weighted by Crippen LogP contribution is 2.36. The van der Waals surface area contributed by atoms with Gasteiger partial charge in [0.2, 0.25) is 0 Å². The lowest BCUT2D eigenvalue weighted by molar-refractivity contribution is 0.0288. The van der Waals surface area contributed by atoms with Crippen LogP contribution in [0.15, 0.2) is 36.4 Å². The summed E-state index contributed by atoms with van der Waals surface area (Å²) in [6, 6.07) is 9.75. The van der Waals surface area contributed by atoms with Gasteiger partial charge in [0.05, 0.1) is 13.7 Å². The van der Waals surface area contributed by atoms with Gasteiger partial charge in [-0.1, -0.05) is 23.7 Å². The van der Waals surface area contributed by atoms with E-state index < -0.39 is 0 Å². The van der Waals surface area contributed by atoms with Gasteiger partial charge in [0.1, 0.15) is 5.82 Å². The highest BCUT2D eigenvalue weighted by Gasteiger charge is 2.35. The van der Waals surface area contributed by atoms with E-state index in [4.69, 9.17) is 16.3 Å². The molecule has 0 aliphatic carbocycles. The number of aliphatic hydroxyl groups is 1. The van der Waals surface area contributed by atoms with Crippen LogP contribution in [0.25, 0.3) is 0 Å². The lowest BCUT2D eigenvalue weighted by Gasteiger charge is -2.42. The normalized spacial score (nSPS) is 20.6. The number of aromatic hydroxyl groups is 1. The fourth-order valence-electron chi connectivity index (χ4n) is 3.92. The van der Waals surface area contributed by atoms with Gasteiger partial charge in [0.25, 0.3) is 0 Å². The van der Waals surface area contributed by atoms with Gasteiger partial charge >= 0.3 is 0 Å². The first-order chi connectivity index (χ1) is 12.9. The third-order valence-corrected chi connectivity index (χ3v) is 5.66. The zero-order valence-corrected chi connectivity index (χ0v) is 16.2. The van der Waals surface area contributed by atoms with E-state index >= 15 is 0 Å². The molecule has 0 aromatic heterocycles. The first kappa shape index (κ1) is 19.9. The van der Waals surface area contributed by atoms with E-state index in [1.165, 1.54) is 25.3 Å². The zero-order chi connectivity index (χ0) is 19.4. The molecule has 1 atom stereocenters. The fourth-order valence-corrected chi connectivity index (χ4v) is 4.14. The maximum absolute atomic E-state index is 13.2. The molecular formula is C21H25ClFNO3. The van der Waals surface area contributed by atoms with E-state index in [-0.39, 0.29) is 23.6 Å². The molecular weight excluding hydrogens is 369 g/mol. The minimum Gasteiger partial charge on any atom is -0.504 e. The molecule has 1 saturated heterocycles. The van der Waals surface area contributed by atoms with Crippen LogP contribution >= 0.6 is 11.6 Å². The Morgan fingerprint density at radius 3 is 2.67 bits per heavy atom. The molecule has 2 aromatic rings. The molecule has 1 aliphatic rings. The predicted molar refractivity (Wildman–Crippen MR) is 104 cm³/mol. The Morgan fingerprint density at radius 2 is 2.00 bits per heavy atom. The molecule has 1 fully saturated rings. The minimum atomic E-state index is -0.260. The molecule has 2 N–H and O–H groups in total. The van der Waals surface area contributed by atoms with Crippen LogP contribution in [0.2, 0.25) is 5.02 Å². The average Bonchev–Trinajstić information content (AvgIpc) is 2.66. The largest absolute Gasteiger partial charge is 0.504 e. The first-order valence-corrected chi connectivity index (χ1v) is 9.45. The monoisotopic (exact) mass is 393 g/mol. The number of ether oxygens (including phenoxy) is 1. The number of hydrogen-bond acceptors (Lipinski definition) is 4. The maximum atomic E-state index is 13.2. The summed E-state index contributed by atoms with van der Waals surface area (Å²) in [7, 11) is 1.51. The summed E-state index contributed by atoms with van der Waals surface area (Å²) in [6.45, 7) is 2.32. The van der Waals surface area contributed by atoms with Gasteiger partial charge in [-0.25, -0.2) is 4.39 Å². The SMILES string of the molecule is COc1cc(CN2CCC[C@](CO)(Cc3ccc(F)cc3)C2)c(Cl)cc1O. The van der Waals surface area contributed by atoms with E-state index in [0.29, 0.717) is 23.7 Å². The van der Waals surface area contributed by atoms with E-state index in [9.17, 15) is 14.6 Å². The molecule has 0 bridgehead atoms. The Hall–Kier alpha value is -1.82. The molecule has 0 unspecified atom stereocenters. The molecule has 0 saturated carbocycles. The van der Waals surface area contributed by atoms with E-state index in [1.54, 1.807) is 18.2 Å². The number of phenolic OH excluding ortho intramolecular Hbond substituents is 1. The van der Waals surface area contributed by atoms with Crippen LogP contribution in [0.1, 0.15) is 24.0 Å². The van der Waals surface area contributed by atoms with Gasteiger partial charge in [-0.15, -0.1) is 0 Å². The summed E-state index contributed by atoms with van der Waals surface area (Å²) in [5.41, 5.74) is 1.64. The van der Waals surface area contributed by atoms with Crippen LogP contribution in [0.5, 0.6) is 11.5 Å². The standard InChI is InChI=1S/C21H25ClFNO3/c1-27-20-9-16(18(22)10-19(20)26)12-24-8-2-7-21(13-24,14-25)11-15-3-5-17(23)6-4-15/h3-6,9-10,25-26H,2,7-8,11-14H2,1H3/t21-/m0/s1. The van der Waals surface area contributed by atoms with Crippen LogP contribution < -0.4 is 4.74 Å². The van der Waals surface area contributed by atoms with Gasteiger partial charge < -0.3 is 14.9 Å². The van der Waals surface area contributed by atoms with Crippen LogP contribution in [-0.4, -0.2) is 41.9 Å². The highest BCUT2D eigenvalue weighted by atomic mass is 35.5. The van der Waals surface area contributed by atoms with Crippen LogP contribution in [0.3, 0.4) is 0 Å². The number of likely N-dealkylation sites (tertiary alicyclic amines) is 1. The summed E-state index contributed by atoms with van der Waals surface area (Å²) >= 11 is 6.30. The van der Waals surface area contributed by atoms with Crippen molar-refractivity contribution in [1.82, 2.24) is 4.90 Å². The second kappa shape index (κ2) is 8.46. The van der Waals surface area contributed by atoms with Crippen molar-refractivity contribution < 1.29 is 19.3 Å². The summed E-state index contributed by atoms with van der Waals surface area (Å²) < 4.78 is 18.4. The number of methoxy groups -OCH3 is 1. The third kappa shape index (κ3) is 4.72. The lowest BCUT2D eigenvalue weighted by Crippen LogP contribution is -2.46. The van der Waals surface area contributed by atoms with Crippen molar-refractivity contribution in [1.29, 1.82) is 0 Å². The summed E-state index contributed by atoms with van der Waals surface area (Å²) in [4.78, 5) is 2.26. The molecule has 4 nitrogen and oxygen atoms in total. The number of piperidine rings is 1. The van der Waals surface area contributed by atoms with Crippen molar-refractivity contribution >= 4 is 11.6 Å². The Kier molecular flexibility index (Phi) is 6.25. The third-order valence-electron chi connectivity index (χ3n) is 5.31. The fraction of sp³-hybridized carbons (Fsp3) is 0.429. The molecule has 146 valence electrons. The van der Waals surface area contributed by atoms with Crippen molar-refractivity contribution in [3.63, 3.8) is 0 Å². The highest BCUT2D eigenvalue weighted by molar-refractivity contribution is 6.31. The summed E-state index contributed by atoms with van der Waals surface area (Å²) in [6.07, 6.45) is 2.59. The van der Waals surface area contributed by atoms with Crippen molar-refractivity contribution in [2.75, 3.05) is 26.8 Å². The van der Waals surface area contributed by atoms with Gasteiger partial charge in [-0.05, 0) is 55.1 Å². The van der Waals surface area contributed by atoms with E-state index in [0.717, 1.165) is 37.1 Å². The van der Waals surface area contributed by atoms with Gasteiger partial charge in [-0.2, -0.15) is 0 Å². The number of phenols is 1. The first-order valence-electron chi connectivity index (χ1n) is 9.08. The lowest BCUT2D eigenvalue weighted by atomic mass is 9.75. The average molecular weight is 394 g/mol. The van der Waals surface area contributed by atoms with Gasteiger partial charge in [0, 0.05) is 29.6 Å². The Labute approximate surface area is 164 Å². The molecule has 6 heteroatoms. The topological polar surface area (TPSA) is 52.9 Å². The number of aliphatic hydroxyl groups excluding tert-OH is 1. The predicted octanol–water partition coefficient (Wildman–Crippen LogP) is 4.01. The van der Waals surface area contributed by atoms with Crippen molar-refractivity contribution in [2.24, 2.45) is 5.41 Å². The molecule has 0 amide bonds. The smallest absolute Gasteiger partial charge is 0.160 e. The zero-order valence-electron chi connectivity index (χ0n) is 15.4. The number of hydrogen-bond donors (Lipinski definition) is 2. The Balaban J connectivity index is 1.75. The van der Waals surface area contributed by atoms with Gasteiger partial charge in [0.15, 0.2) is 11.5 Å². The van der Waals surface area contributed by atoms with E-state index in [1.807, 2.05) is 0 Å². The quantitative estimate of drug-likeness (QED) is 0.778. The molecule has 2 aromatic carbocycles. The number of rotatable bonds is 6. The van der Waals surface area contributed by atoms with Gasteiger partial charge in [-0.3, -0.25) is 4.90 Å². The Bertz CT molecular complexity index is 784. The molecule has 1 aliphatic heterocycles. The van der Waals surface area contributed by atoms with Crippen molar-refractivity contribution in [3.05, 3.63) is 58.4 Å². The minimum absolute atomic E-state index is 0.0194. The van der Waals surface area contributed by atoms with Crippen LogP contribution in [0.4, 0.5) is 4.39 Å². The Morgan fingerprint density at radius 1 is 1.26 bits per heavy atom. The molecule has 0 radical (unpaired) electrons. The molecule has 27 heavy (non-hydrogen) atoms. The molecule has 0 spiro atoms. The molecule has 1 heterocycles. The number of benzene rings is 2. The van der Waals surface area contributed by atoms with Crippen molar-refractivity contribution in [3.8, 4) is 11.5 Å². The van der Waals surface area contributed by atoms with Crippen LogP contribution in [0, 0.1) is 11.2 Å². The van der Waals surface area contributed by atoms with Crippen LogP contribution in [-0.2, 0) is 13.0 Å². The summed E-state index contributed by atoms with van der Waals surface area (Å²) in [5, 5.41) is 20.5. The number of halogens is 2. The van der Waals surface area contributed by atoms with Crippen molar-refractivity contribution in [2.45, 2.75) is 25.8 Å². The maximum Gasteiger partial charge on any atom is 0.160 e. The molecule has 3 rings (SSSR count). The number of nitrogens with zero attached hydrogens (tertiary/aromatic N) is 1. The summed E-state index contributed by atoms with van der Waals surface area (Å²) in [5.74, 6) is 0.162. The second-order valence-corrected chi connectivity index (χ2v) is 7.80.